The van der Waals surface area contributed by atoms with Gasteiger partial charge in [0.25, 0.3) is 10.0 Å². The first kappa shape index (κ1) is 17.7. The number of fused-ring (bicyclic) bond motifs is 1. The smallest absolute Gasteiger partial charge is 0.263 e. The third-order valence-electron chi connectivity index (χ3n) is 4.03. The molecule has 3 aromatic carbocycles. The highest BCUT2D eigenvalue weighted by Gasteiger charge is 2.24. The topological polar surface area (TPSA) is 37.4 Å². The maximum Gasteiger partial charge on any atom is 0.264 e. The number of sulfonamides is 1. The summed E-state index contributed by atoms with van der Waals surface area (Å²) in [6.07, 6.45) is 1.59. The van der Waals surface area contributed by atoms with Crippen LogP contribution in [0.25, 0.3) is 10.8 Å². The van der Waals surface area contributed by atoms with Crippen molar-refractivity contribution in [1.29, 1.82) is 0 Å². The second kappa shape index (κ2) is 7.02. The highest BCUT2D eigenvalue weighted by atomic mass is 79.9. The fourth-order valence-electron chi connectivity index (χ4n) is 2.70. The van der Waals surface area contributed by atoms with Crippen molar-refractivity contribution in [3.05, 3.63) is 83.4 Å². The van der Waals surface area contributed by atoms with Crippen LogP contribution in [0.3, 0.4) is 0 Å². The van der Waals surface area contributed by atoms with E-state index in [0.29, 0.717) is 5.69 Å². The molecule has 0 saturated carbocycles. The fraction of sp³-hybridized carbons (Fsp3) is 0.100. The lowest BCUT2D eigenvalue weighted by Crippen LogP contribution is -2.31. The Bertz CT molecular complexity index is 1040. The number of benzene rings is 3. The molecule has 0 N–H and O–H groups in total. The summed E-state index contributed by atoms with van der Waals surface area (Å²) in [4.78, 5) is 0.272. The molecule has 5 heteroatoms. The van der Waals surface area contributed by atoms with Crippen molar-refractivity contribution in [1.82, 2.24) is 0 Å². The van der Waals surface area contributed by atoms with E-state index in [0.717, 1.165) is 20.8 Å². The van der Waals surface area contributed by atoms with E-state index in [-0.39, 0.29) is 11.4 Å². The predicted molar refractivity (Wildman–Crippen MR) is 108 cm³/mol. The predicted octanol–water partition coefficient (Wildman–Crippen LogP) is 5.29. The van der Waals surface area contributed by atoms with Gasteiger partial charge in [0.2, 0.25) is 0 Å². The standard InChI is InChI=1S/C20H18BrNO2S/c1-3-12-22(18-9-11-20(21)15(2)13-18)25(23,24)19-10-8-16-6-4-5-7-17(16)14-19/h3-11,13-14H,1,12H2,2H3. The van der Waals surface area contributed by atoms with Crippen LogP contribution in [0, 0.1) is 6.92 Å². The molecule has 0 atom stereocenters. The molecule has 3 rings (SSSR count). The fourth-order valence-corrected chi connectivity index (χ4v) is 4.41. The van der Waals surface area contributed by atoms with E-state index in [1.165, 1.54) is 4.31 Å². The first-order valence-electron chi connectivity index (χ1n) is 7.82. The molecule has 0 unspecified atom stereocenters. The summed E-state index contributed by atoms with van der Waals surface area (Å²) in [7, 11) is -3.69. The molecular weight excluding hydrogens is 398 g/mol. The molecule has 128 valence electrons. The van der Waals surface area contributed by atoms with E-state index >= 15 is 0 Å². The Hall–Kier alpha value is -2.11. The van der Waals surface area contributed by atoms with Crippen molar-refractivity contribution in [2.24, 2.45) is 0 Å². The van der Waals surface area contributed by atoms with Crippen molar-refractivity contribution < 1.29 is 8.42 Å². The molecule has 3 aromatic rings. The molecule has 0 bridgehead atoms. The molecule has 0 radical (unpaired) electrons. The number of aryl methyl sites for hydroxylation is 1. The Labute approximate surface area is 156 Å². The lowest BCUT2D eigenvalue weighted by Gasteiger charge is -2.24. The van der Waals surface area contributed by atoms with Crippen LogP contribution < -0.4 is 4.31 Å². The third kappa shape index (κ3) is 3.48. The zero-order chi connectivity index (χ0) is 18.0. The van der Waals surface area contributed by atoms with Crippen LogP contribution in [0.4, 0.5) is 5.69 Å². The van der Waals surface area contributed by atoms with Gasteiger partial charge in [-0.05, 0) is 53.6 Å². The van der Waals surface area contributed by atoms with Crippen LogP contribution in [0.1, 0.15) is 5.56 Å². The Morgan fingerprint density at radius 1 is 1.04 bits per heavy atom. The lowest BCUT2D eigenvalue weighted by molar-refractivity contribution is 0.593. The van der Waals surface area contributed by atoms with E-state index in [1.807, 2.05) is 49.4 Å². The van der Waals surface area contributed by atoms with Crippen molar-refractivity contribution in [3.8, 4) is 0 Å². The van der Waals surface area contributed by atoms with Crippen LogP contribution in [-0.2, 0) is 10.0 Å². The zero-order valence-electron chi connectivity index (χ0n) is 13.8. The van der Waals surface area contributed by atoms with Gasteiger partial charge in [-0.3, -0.25) is 4.31 Å². The molecule has 0 spiro atoms. The van der Waals surface area contributed by atoms with Gasteiger partial charge in [-0.2, -0.15) is 0 Å². The minimum absolute atomic E-state index is 0.205. The summed E-state index contributed by atoms with van der Waals surface area (Å²) < 4.78 is 28.8. The number of rotatable bonds is 5. The summed E-state index contributed by atoms with van der Waals surface area (Å²) in [6, 6.07) is 18.4. The van der Waals surface area contributed by atoms with Crippen LogP contribution >= 0.6 is 15.9 Å². The summed E-state index contributed by atoms with van der Waals surface area (Å²) in [5.41, 5.74) is 1.59. The first-order valence-corrected chi connectivity index (χ1v) is 10.1. The van der Waals surface area contributed by atoms with Gasteiger partial charge in [0, 0.05) is 4.47 Å². The maximum absolute atomic E-state index is 13.2. The molecule has 0 heterocycles. The van der Waals surface area contributed by atoms with Gasteiger partial charge in [-0.1, -0.05) is 52.3 Å². The number of anilines is 1. The van der Waals surface area contributed by atoms with Crippen molar-refractivity contribution >= 4 is 42.4 Å². The molecule has 0 aliphatic heterocycles. The average molecular weight is 416 g/mol. The monoisotopic (exact) mass is 415 g/mol. The quantitative estimate of drug-likeness (QED) is 0.530. The Balaban J connectivity index is 2.12. The molecule has 0 aromatic heterocycles. The Morgan fingerprint density at radius 2 is 1.76 bits per heavy atom. The normalized spacial score (nSPS) is 11.4. The largest absolute Gasteiger partial charge is 0.264 e. The van der Waals surface area contributed by atoms with E-state index in [9.17, 15) is 8.42 Å². The summed E-state index contributed by atoms with van der Waals surface area (Å²) in [5, 5.41) is 1.91. The van der Waals surface area contributed by atoms with Crippen LogP contribution in [0.5, 0.6) is 0 Å². The number of nitrogens with zero attached hydrogens (tertiary/aromatic N) is 1. The second-order valence-corrected chi connectivity index (χ2v) is 8.48. The molecule has 0 saturated heterocycles. The molecule has 0 aliphatic carbocycles. The van der Waals surface area contributed by atoms with E-state index in [1.54, 1.807) is 24.3 Å². The summed E-state index contributed by atoms with van der Waals surface area (Å²) in [6.45, 7) is 5.85. The number of halogens is 1. The van der Waals surface area contributed by atoms with Gasteiger partial charge in [-0.25, -0.2) is 8.42 Å². The van der Waals surface area contributed by atoms with Gasteiger partial charge in [0.1, 0.15) is 0 Å². The molecule has 0 fully saturated rings. The van der Waals surface area contributed by atoms with Crippen LogP contribution in [0.2, 0.25) is 0 Å². The van der Waals surface area contributed by atoms with E-state index < -0.39 is 10.0 Å². The van der Waals surface area contributed by atoms with Crippen molar-refractivity contribution in [2.75, 3.05) is 10.8 Å². The molecule has 25 heavy (non-hydrogen) atoms. The first-order chi connectivity index (χ1) is 11.9. The SMILES string of the molecule is C=CCN(c1ccc(Br)c(C)c1)S(=O)(=O)c1ccc2ccccc2c1. The Kier molecular flexibility index (Phi) is 4.97. The molecule has 3 nitrogen and oxygen atoms in total. The maximum atomic E-state index is 13.2. The van der Waals surface area contributed by atoms with Crippen LogP contribution in [-0.4, -0.2) is 15.0 Å². The highest BCUT2D eigenvalue weighted by molar-refractivity contribution is 9.10. The van der Waals surface area contributed by atoms with Gasteiger partial charge in [0.15, 0.2) is 0 Å². The summed E-state index contributed by atoms with van der Waals surface area (Å²) >= 11 is 3.45. The third-order valence-corrected chi connectivity index (χ3v) is 6.71. The molecular formula is C20H18BrNO2S. The minimum atomic E-state index is -3.69. The van der Waals surface area contributed by atoms with Gasteiger partial charge in [0.05, 0.1) is 17.1 Å². The highest BCUT2D eigenvalue weighted by Crippen LogP contribution is 2.29. The molecule has 0 amide bonds. The van der Waals surface area contributed by atoms with Crippen LogP contribution in [0.15, 0.2) is 82.7 Å². The van der Waals surface area contributed by atoms with E-state index in [2.05, 4.69) is 22.5 Å². The minimum Gasteiger partial charge on any atom is -0.263 e. The van der Waals surface area contributed by atoms with Crippen molar-refractivity contribution in [2.45, 2.75) is 11.8 Å². The number of hydrogen-bond donors (Lipinski definition) is 0. The van der Waals surface area contributed by atoms with Crippen molar-refractivity contribution in [3.63, 3.8) is 0 Å². The summed E-state index contributed by atoms with van der Waals surface area (Å²) in [5.74, 6) is 0. The lowest BCUT2D eigenvalue weighted by atomic mass is 10.1. The van der Waals surface area contributed by atoms with E-state index in [4.69, 9.17) is 0 Å². The van der Waals surface area contributed by atoms with Gasteiger partial charge >= 0.3 is 0 Å². The Morgan fingerprint density at radius 3 is 2.44 bits per heavy atom. The van der Waals surface area contributed by atoms with Gasteiger partial charge in [-0.15, -0.1) is 6.58 Å². The number of hydrogen-bond acceptors (Lipinski definition) is 2. The van der Waals surface area contributed by atoms with Gasteiger partial charge < -0.3 is 0 Å². The second-order valence-electron chi connectivity index (χ2n) is 5.77. The molecule has 0 aliphatic rings. The average Bonchev–Trinajstić information content (AvgIpc) is 2.61. The zero-order valence-corrected chi connectivity index (χ0v) is 16.2.